The van der Waals surface area contributed by atoms with Crippen LogP contribution in [-0.2, 0) is 0 Å². The van der Waals surface area contributed by atoms with Crippen LogP contribution in [0.5, 0.6) is 5.75 Å². The van der Waals surface area contributed by atoms with E-state index in [2.05, 4.69) is 35.3 Å². The Morgan fingerprint density at radius 3 is 2.70 bits per heavy atom. The first-order valence-corrected chi connectivity index (χ1v) is 8.02. The monoisotopic (exact) mass is 274 g/mol. The second-order valence-corrected chi connectivity index (χ2v) is 6.17. The van der Waals surface area contributed by atoms with Crippen molar-refractivity contribution in [2.24, 2.45) is 5.92 Å². The Balaban J connectivity index is 1.71. The second kappa shape index (κ2) is 6.49. The van der Waals surface area contributed by atoms with Crippen molar-refractivity contribution in [3.8, 4) is 5.75 Å². The van der Waals surface area contributed by atoms with E-state index >= 15 is 0 Å². The number of hydrogen-bond donors (Lipinski definition) is 1. The molecule has 20 heavy (non-hydrogen) atoms. The van der Waals surface area contributed by atoms with Crippen molar-refractivity contribution in [3.05, 3.63) is 23.8 Å². The van der Waals surface area contributed by atoms with Gasteiger partial charge >= 0.3 is 0 Å². The van der Waals surface area contributed by atoms with Gasteiger partial charge in [0.1, 0.15) is 5.75 Å². The number of nitrogens with zero attached hydrogens (tertiary/aromatic N) is 1. The number of benzene rings is 1. The highest BCUT2D eigenvalue weighted by Gasteiger charge is 2.18. The molecule has 3 rings (SSSR count). The summed E-state index contributed by atoms with van der Waals surface area (Å²) >= 11 is 0. The normalized spacial score (nSPS) is 20.4. The summed E-state index contributed by atoms with van der Waals surface area (Å²) in [5.74, 6) is 1.84. The molecule has 2 aliphatic rings. The fourth-order valence-corrected chi connectivity index (χ4v) is 3.29. The Bertz CT molecular complexity index is 435. The van der Waals surface area contributed by atoms with Gasteiger partial charge in [-0.25, -0.2) is 0 Å². The fourth-order valence-electron chi connectivity index (χ4n) is 3.29. The lowest BCUT2D eigenvalue weighted by atomic mass is 10.1. The number of aryl methyl sites for hydroxylation is 1. The number of hydrogen-bond acceptors (Lipinski definition) is 3. The lowest BCUT2D eigenvalue weighted by Crippen LogP contribution is -2.43. The predicted octanol–water partition coefficient (Wildman–Crippen LogP) is 2.97. The molecule has 3 heteroatoms. The van der Waals surface area contributed by atoms with Gasteiger partial charge in [0.2, 0.25) is 0 Å². The number of ether oxygens (including phenoxy) is 1. The van der Waals surface area contributed by atoms with Gasteiger partial charge in [0.15, 0.2) is 0 Å². The van der Waals surface area contributed by atoms with E-state index in [0.29, 0.717) is 0 Å². The van der Waals surface area contributed by atoms with Crippen LogP contribution in [0.2, 0.25) is 0 Å². The summed E-state index contributed by atoms with van der Waals surface area (Å²) in [4.78, 5) is 2.45. The molecule has 0 atom stereocenters. The molecule has 1 aliphatic heterocycles. The molecule has 1 saturated heterocycles. The van der Waals surface area contributed by atoms with Gasteiger partial charge in [0, 0.05) is 26.2 Å². The van der Waals surface area contributed by atoms with Gasteiger partial charge in [-0.3, -0.25) is 0 Å². The zero-order chi connectivity index (χ0) is 13.8. The number of nitrogens with one attached hydrogen (secondary N) is 1. The van der Waals surface area contributed by atoms with E-state index in [1.165, 1.54) is 36.9 Å². The summed E-state index contributed by atoms with van der Waals surface area (Å²) < 4.78 is 6.17. The summed E-state index contributed by atoms with van der Waals surface area (Å²) in [6.45, 7) is 7.33. The molecular weight excluding hydrogens is 248 g/mol. The SMILES string of the molecule is Cc1ccc(OCC2CCCC2)c(N2CCNCC2)c1. The van der Waals surface area contributed by atoms with Gasteiger partial charge in [0.25, 0.3) is 0 Å². The summed E-state index contributed by atoms with van der Waals surface area (Å²) in [6.07, 6.45) is 5.45. The first kappa shape index (κ1) is 13.7. The van der Waals surface area contributed by atoms with E-state index in [-0.39, 0.29) is 0 Å². The maximum absolute atomic E-state index is 6.17. The van der Waals surface area contributed by atoms with E-state index in [9.17, 15) is 0 Å². The van der Waals surface area contributed by atoms with E-state index < -0.39 is 0 Å². The van der Waals surface area contributed by atoms with E-state index in [1.807, 2.05) is 0 Å². The Morgan fingerprint density at radius 1 is 1.20 bits per heavy atom. The molecule has 1 heterocycles. The van der Waals surface area contributed by atoms with Crippen molar-refractivity contribution in [1.82, 2.24) is 5.32 Å². The zero-order valence-corrected chi connectivity index (χ0v) is 12.5. The standard InChI is InChI=1S/C17H26N2O/c1-14-6-7-17(20-13-15-4-2-3-5-15)16(12-14)19-10-8-18-9-11-19/h6-7,12,15,18H,2-5,8-11,13H2,1H3. The van der Waals surface area contributed by atoms with Crippen molar-refractivity contribution < 1.29 is 4.74 Å². The quantitative estimate of drug-likeness (QED) is 0.913. The van der Waals surface area contributed by atoms with Gasteiger partial charge < -0.3 is 15.0 Å². The third-order valence-electron chi connectivity index (χ3n) is 4.52. The molecule has 0 amide bonds. The Morgan fingerprint density at radius 2 is 1.95 bits per heavy atom. The van der Waals surface area contributed by atoms with E-state index in [1.54, 1.807) is 0 Å². The van der Waals surface area contributed by atoms with Gasteiger partial charge in [-0.1, -0.05) is 18.9 Å². The summed E-state index contributed by atoms with van der Waals surface area (Å²) in [5, 5.41) is 3.41. The van der Waals surface area contributed by atoms with E-state index in [0.717, 1.165) is 44.5 Å². The van der Waals surface area contributed by atoms with Gasteiger partial charge in [-0.15, -0.1) is 0 Å². The second-order valence-electron chi connectivity index (χ2n) is 6.17. The third kappa shape index (κ3) is 3.26. The maximum atomic E-state index is 6.17. The van der Waals surface area contributed by atoms with Crippen LogP contribution in [0, 0.1) is 12.8 Å². The number of piperazine rings is 1. The minimum atomic E-state index is 0.771. The Kier molecular flexibility index (Phi) is 4.46. The molecular formula is C17H26N2O. The Labute approximate surface area is 122 Å². The minimum Gasteiger partial charge on any atom is -0.491 e. The zero-order valence-electron chi connectivity index (χ0n) is 12.5. The topological polar surface area (TPSA) is 24.5 Å². The van der Waals surface area contributed by atoms with Crippen LogP contribution in [0.1, 0.15) is 31.2 Å². The highest BCUT2D eigenvalue weighted by molar-refractivity contribution is 5.60. The molecule has 0 unspecified atom stereocenters. The molecule has 2 fully saturated rings. The molecule has 1 aromatic rings. The average Bonchev–Trinajstić information content (AvgIpc) is 3.00. The van der Waals surface area contributed by atoms with Gasteiger partial charge in [-0.2, -0.15) is 0 Å². The molecule has 3 nitrogen and oxygen atoms in total. The first-order valence-electron chi connectivity index (χ1n) is 8.02. The maximum Gasteiger partial charge on any atom is 0.142 e. The van der Waals surface area contributed by atoms with Crippen LogP contribution < -0.4 is 15.0 Å². The summed E-state index contributed by atoms with van der Waals surface area (Å²) in [6, 6.07) is 6.59. The first-order chi connectivity index (χ1) is 9.83. The van der Waals surface area contributed by atoms with Crippen LogP contribution in [-0.4, -0.2) is 32.8 Å². The molecule has 0 radical (unpaired) electrons. The fraction of sp³-hybridized carbons (Fsp3) is 0.647. The van der Waals surface area contributed by atoms with Crippen LogP contribution in [0.15, 0.2) is 18.2 Å². The van der Waals surface area contributed by atoms with Crippen LogP contribution >= 0.6 is 0 Å². The lowest BCUT2D eigenvalue weighted by Gasteiger charge is -2.31. The highest BCUT2D eigenvalue weighted by Crippen LogP contribution is 2.32. The number of rotatable bonds is 4. The third-order valence-corrected chi connectivity index (χ3v) is 4.52. The summed E-state index contributed by atoms with van der Waals surface area (Å²) in [5.41, 5.74) is 2.59. The molecule has 1 saturated carbocycles. The molecule has 110 valence electrons. The van der Waals surface area contributed by atoms with Crippen LogP contribution in [0.4, 0.5) is 5.69 Å². The summed E-state index contributed by atoms with van der Waals surface area (Å²) in [7, 11) is 0. The van der Waals surface area contributed by atoms with Crippen molar-refractivity contribution >= 4 is 5.69 Å². The van der Waals surface area contributed by atoms with Gasteiger partial charge in [-0.05, 0) is 43.4 Å². The van der Waals surface area contributed by atoms with Crippen molar-refractivity contribution in [1.29, 1.82) is 0 Å². The van der Waals surface area contributed by atoms with Crippen LogP contribution in [0.3, 0.4) is 0 Å². The van der Waals surface area contributed by atoms with Crippen LogP contribution in [0.25, 0.3) is 0 Å². The molecule has 0 bridgehead atoms. The van der Waals surface area contributed by atoms with Gasteiger partial charge in [0.05, 0.1) is 12.3 Å². The minimum absolute atomic E-state index is 0.771. The molecule has 1 N–H and O–H groups in total. The van der Waals surface area contributed by atoms with E-state index in [4.69, 9.17) is 4.74 Å². The van der Waals surface area contributed by atoms with Crippen molar-refractivity contribution in [2.45, 2.75) is 32.6 Å². The van der Waals surface area contributed by atoms with Crippen molar-refractivity contribution in [2.75, 3.05) is 37.7 Å². The Hall–Kier alpha value is -1.22. The highest BCUT2D eigenvalue weighted by atomic mass is 16.5. The molecule has 0 spiro atoms. The molecule has 1 aliphatic carbocycles. The van der Waals surface area contributed by atoms with Crippen molar-refractivity contribution in [3.63, 3.8) is 0 Å². The number of anilines is 1. The average molecular weight is 274 g/mol. The lowest BCUT2D eigenvalue weighted by molar-refractivity contribution is 0.252. The molecule has 0 aromatic heterocycles. The predicted molar refractivity (Wildman–Crippen MR) is 83.7 cm³/mol. The largest absolute Gasteiger partial charge is 0.491 e. The smallest absolute Gasteiger partial charge is 0.142 e. The molecule has 1 aromatic carbocycles.